The predicted molar refractivity (Wildman–Crippen MR) is 74.8 cm³/mol. The molecule has 5 heteroatoms. The number of para-hydroxylation sites is 1. The van der Waals surface area contributed by atoms with Crippen LogP contribution in [0.3, 0.4) is 0 Å². The van der Waals surface area contributed by atoms with E-state index < -0.39 is 4.92 Å². The summed E-state index contributed by atoms with van der Waals surface area (Å²) in [6.45, 7) is 5.44. The first kappa shape index (κ1) is 14.0. The Hall–Kier alpha value is -2.07. The molecule has 0 aliphatic carbocycles. The third-order valence-electron chi connectivity index (χ3n) is 2.09. The topological polar surface area (TPSA) is 55.2 Å². The van der Waals surface area contributed by atoms with E-state index in [1.807, 2.05) is 13.0 Å². The summed E-state index contributed by atoms with van der Waals surface area (Å²) in [5.74, 6) is 0. The average Bonchev–Trinajstić information content (AvgIpc) is 2.29. The molecule has 0 fully saturated rings. The zero-order valence-corrected chi connectivity index (χ0v) is 10.6. The van der Waals surface area contributed by atoms with Gasteiger partial charge in [-0.1, -0.05) is 36.4 Å². The van der Waals surface area contributed by atoms with Gasteiger partial charge in [-0.25, -0.2) is 0 Å². The van der Waals surface area contributed by atoms with Crippen LogP contribution in [-0.2, 0) is 0 Å². The van der Waals surface area contributed by atoms with Crippen molar-refractivity contribution in [3.8, 4) is 0 Å². The molecule has 18 heavy (non-hydrogen) atoms. The zero-order valence-electron chi connectivity index (χ0n) is 9.89. The molecule has 1 aromatic carbocycles. The van der Waals surface area contributed by atoms with E-state index in [2.05, 4.69) is 11.9 Å². The second-order valence-corrected chi connectivity index (χ2v) is 3.78. The highest BCUT2D eigenvalue weighted by atomic mass is 35.5. The summed E-state index contributed by atoms with van der Waals surface area (Å²) in [7, 11) is 0. The van der Waals surface area contributed by atoms with Crippen LogP contribution in [0.5, 0.6) is 0 Å². The van der Waals surface area contributed by atoms with Gasteiger partial charge < -0.3 is 5.32 Å². The molecule has 1 rings (SSSR count). The van der Waals surface area contributed by atoms with Crippen molar-refractivity contribution in [2.45, 2.75) is 6.92 Å². The molecule has 0 heterocycles. The number of nitro groups is 1. The number of halogens is 1. The minimum atomic E-state index is -0.508. The second-order valence-electron chi connectivity index (χ2n) is 3.38. The van der Waals surface area contributed by atoms with Gasteiger partial charge in [-0.3, -0.25) is 10.1 Å². The lowest BCUT2D eigenvalue weighted by Crippen LogP contribution is -2.01. The molecule has 0 aromatic heterocycles. The fourth-order valence-corrected chi connectivity index (χ4v) is 1.65. The van der Waals surface area contributed by atoms with Crippen molar-refractivity contribution in [1.82, 2.24) is 0 Å². The first-order valence-electron chi connectivity index (χ1n) is 5.25. The van der Waals surface area contributed by atoms with E-state index in [4.69, 9.17) is 11.6 Å². The smallest absolute Gasteiger partial charge is 0.311 e. The number of rotatable bonds is 5. The molecule has 0 atom stereocenters. The fraction of sp³-hybridized carbons (Fsp3) is 0.0769. The molecule has 1 aromatic rings. The van der Waals surface area contributed by atoms with Gasteiger partial charge >= 0.3 is 5.69 Å². The molecule has 0 radical (unpaired) electrons. The molecule has 4 nitrogen and oxygen atoms in total. The third-order valence-corrected chi connectivity index (χ3v) is 2.40. The SMILES string of the molecule is C=C/C=C(\C=C/C)Nc1cccc(Cl)c1[N+](=O)[O-]. The van der Waals surface area contributed by atoms with Gasteiger partial charge in [0.2, 0.25) is 0 Å². The normalized spacial score (nSPS) is 11.6. The largest absolute Gasteiger partial charge is 0.350 e. The average molecular weight is 265 g/mol. The summed E-state index contributed by atoms with van der Waals surface area (Å²) >= 11 is 5.82. The van der Waals surface area contributed by atoms with E-state index in [-0.39, 0.29) is 10.7 Å². The van der Waals surface area contributed by atoms with Crippen molar-refractivity contribution in [1.29, 1.82) is 0 Å². The Kier molecular flexibility index (Phi) is 5.14. The molecule has 0 spiro atoms. The molecule has 1 N–H and O–H groups in total. The molecular formula is C13H13ClN2O2. The van der Waals surface area contributed by atoms with Crippen LogP contribution in [0.4, 0.5) is 11.4 Å². The Morgan fingerprint density at radius 3 is 2.83 bits per heavy atom. The van der Waals surface area contributed by atoms with E-state index in [0.717, 1.165) is 0 Å². The van der Waals surface area contributed by atoms with E-state index >= 15 is 0 Å². The lowest BCUT2D eigenvalue weighted by Gasteiger charge is -2.08. The molecule has 94 valence electrons. The van der Waals surface area contributed by atoms with Crippen molar-refractivity contribution in [2.75, 3.05) is 5.32 Å². The van der Waals surface area contributed by atoms with E-state index in [9.17, 15) is 10.1 Å². The van der Waals surface area contributed by atoms with E-state index in [1.54, 1.807) is 30.4 Å². The van der Waals surface area contributed by atoms with Crippen molar-refractivity contribution < 1.29 is 4.92 Å². The lowest BCUT2D eigenvalue weighted by molar-refractivity contribution is -0.383. The molecule has 0 aliphatic rings. The lowest BCUT2D eigenvalue weighted by atomic mass is 10.2. The molecule has 0 saturated carbocycles. The summed E-state index contributed by atoms with van der Waals surface area (Å²) in [4.78, 5) is 10.5. The number of benzene rings is 1. The zero-order chi connectivity index (χ0) is 13.5. The number of allylic oxidation sites excluding steroid dienone is 4. The molecule has 0 unspecified atom stereocenters. The van der Waals surface area contributed by atoms with Crippen LogP contribution in [0.15, 0.2) is 54.8 Å². The van der Waals surface area contributed by atoms with Crippen LogP contribution in [0.1, 0.15) is 6.92 Å². The van der Waals surface area contributed by atoms with Crippen molar-refractivity contribution in [3.05, 3.63) is 69.9 Å². The van der Waals surface area contributed by atoms with Gasteiger partial charge in [0, 0.05) is 5.70 Å². The predicted octanol–water partition coefficient (Wildman–Crippen LogP) is 4.31. The number of hydrogen-bond donors (Lipinski definition) is 1. The van der Waals surface area contributed by atoms with Crippen LogP contribution in [-0.4, -0.2) is 4.92 Å². The Labute approximate surface area is 110 Å². The Morgan fingerprint density at radius 1 is 1.56 bits per heavy atom. The Morgan fingerprint density at radius 2 is 2.28 bits per heavy atom. The maximum Gasteiger partial charge on any atom is 0.311 e. The maximum atomic E-state index is 11.0. The van der Waals surface area contributed by atoms with Gasteiger partial charge in [0.05, 0.1) is 4.92 Å². The number of nitrogens with zero attached hydrogens (tertiary/aromatic N) is 1. The fourth-order valence-electron chi connectivity index (χ4n) is 1.40. The van der Waals surface area contributed by atoms with Gasteiger partial charge in [-0.2, -0.15) is 0 Å². The van der Waals surface area contributed by atoms with Crippen molar-refractivity contribution >= 4 is 23.0 Å². The quantitative estimate of drug-likeness (QED) is 0.490. The standard InChI is InChI=1S/C13H13ClN2O2/c1-3-6-10(7-4-2)15-12-9-5-8-11(14)13(12)16(17)18/h3-9,15H,1H2,2H3/b7-4-,10-6+. The highest BCUT2D eigenvalue weighted by molar-refractivity contribution is 6.33. The Balaban J connectivity index is 3.18. The maximum absolute atomic E-state index is 11.0. The van der Waals surface area contributed by atoms with Crippen LogP contribution in [0, 0.1) is 10.1 Å². The summed E-state index contributed by atoms with van der Waals surface area (Å²) < 4.78 is 0. The highest BCUT2D eigenvalue weighted by Gasteiger charge is 2.18. The third kappa shape index (κ3) is 3.46. The molecular weight excluding hydrogens is 252 g/mol. The van der Waals surface area contributed by atoms with Crippen LogP contribution in [0.25, 0.3) is 0 Å². The first-order valence-corrected chi connectivity index (χ1v) is 5.63. The number of nitro benzene ring substituents is 1. The van der Waals surface area contributed by atoms with Gasteiger partial charge in [0.15, 0.2) is 0 Å². The summed E-state index contributed by atoms with van der Waals surface area (Å²) in [6, 6.07) is 4.74. The minimum absolute atomic E-state index is 0.100. The van der Waals surface area contributed by atoms with E-state index in [1.165, 1.54) is 6.07 Å². The van der Waals surface area contributed by atoms with Gasteiger partial charge in [-0.05, 0) is 31.2 Å². The summed E-state index contributed by atoms with van der Waals surface area (Å²) in [5, 5.41) is 14.0. The number of nitrogens with one attached hydrogen (secondary N) is 1. The van der Waals surface area contributed by atoms with Crippen LogP contribution >= 0.6 is 11.6 Å². The molecule has 0 saturated heterocycles. The summed E-state index contributed by atoms with van der Waals surface area (Å²) in [5.41, 5.74) is 0.898. The van der Waals surface area contributed by atoms with Crippen LogP contribution < -0.4 is 5.32 Å². The monoisotopic (exact) mass is 264 g/mol. The number of anilines is 1. The Bertz CT molecular complexity index is 522. The van der Waals surface area contributed by atoms with Gasteiger partial charge in [0.1, 0.15) is 10.7 Å². The molecule has 0 amide bonds. The summed E-state index contributed by atoms with van der Waals surface area (Å²) in [6.07, 6.45) is 6.91. The highest BCUT2D eigenvalue weighted by Crippen LogP contribution is 2.33. The van der Waals surface area contributed by atoms with Crippen molar-refractivity contribution in [2.24, 2.45) is 0 Å². The van der Waals surface area contributed by atoms with Gasteiger partial charge in [0.25, 0.3) is 0 Å². The van der Waals surface area contributed by atoms with Crippen molar-refractivity contribution in [3.63, 3.8) is 0 Å². The minimum Gasteiger partial charge on any atom is -0.350 e. The second kappa shape index (κ2) is 6.61. The van der Waals surface area contributed by atoms with Gasteiger partial charge in [-0.15, -0.1) is 0 Å². The molecule has 0 bridgehead atoms. The molecule has 0 aliphatic heterocycles. The first-order chi connectivity index (χ1) is 8.60. The van der Waals surface area contributed by atoms with E-state index in [0.29, 0.717) is 11.4 Å². The van der Waals surface area contributed by atoms with Crippen LogP contribution in [0.2, 0.25) is 5.02 Å². The number of hydrogen-bond acceptors (Lipinski definition) is 3.